The second-order valence-electron chi connectivity index (χ2n) is 3.31. The van der Waals surface area contributed by atoms with Gasteiger partial charge in [0.1, 0.15) is 0 Å². The molecule has 0 aromatic rings. The number of halogens is 2. The summed E-state index contributed by atoms with van der Waals surface area (Å²) >= 11 is 11.0. The van der Waals surface area contributed by atoms with Crippen LogP contribution >= 0.6 is 23.2 Å². The van der Waals surface area contributed by atoms with E-state index in [0.29, 0.717) is 32.8 Å². The fourth-order valence-corrected chi connectivity index (χ4v) is 1.74. The van der Waals surface area contributed by atoms with Crippen LogP contribution in [0.1, 0.15) is 6.92 Å². The third-order valence-electron chi connectivity index (χ3n) is 2.30. The van der Waals surface area contributed by atoms with Crippen LogP contribution in [0.15, 0.2) is 0 Å². The molecule has 1 fully saturated rings. The molecule has 0 atom stereocenters. The van der Waals surface area contributed by atoms with Crippen LogP contribution in [0, 0.1) is 0 Å². The molecule has 2 amide bonds. The van der Waals surface area contributed by atoms with Crippen LogP contribution in [-0.2, 0) is 9.53 Å². The first-order valence-electron chi connectivity index (χ1n) is 5.05. The Morgan fingerprint density at radius 3 is 2.12 bits per heavy atom. The van der Waals surface area contributed by atoms with Crippen molar-refractivity contribution in [1.82, 2.24) is 9.80 Å². The zero-order chi connectivity index (χ0) is 12.1. The Kier molecular flexibility index (Phi) is 5.15. The molecule has 0 aliphatic carbocycles. The molecule has 1 saturated heterocycles. The van der Waals surface area contributed by atoms with Gasteiger partial charge in [0.15, 0.2) is 4.84 Å². The first-order chi connectivity index (χ1) is 7.56. The van der Waals surface area contributed by atoms with Crippen molar-refractivity contribution in [2.24, 2.45) is 0 Å². The van der Waals surface area contributed by atoms with E-state index >= 15 is 0 Å². The van der Waals surface area contributed by atoms with Gasteiger partial charge in [0, 0.05) is 26.2 Å². The van der Waals surface area contributed by atoms with Gasteiger partial charge < -0.3 is 14.5 Å². The van der Waals surface area contributed by atoms with Crippen molar-refractivity contribution in [3.05, 3.63) is 0 Å². The van der Waals surface area contributed by atoms with Gasteiger partial charge in [-0.05, 0) is 6.92 Å². The van der Waals surface area contributed by atoms with E-state index in [1.165, 1.54) is 0 Å². The SMILES string of the molecule is CCOC(=O)N1CCN(C(=O)C(Cl)Cl)CC1. The van der Waals surface area contributed by atoms with E-state index in [0.717, 1.165) is 0 Å². The standard InChI is InChI=1S/C9H14Cl2N2O3/c1-2-16-9(15)13-5-3-12(4-6-13)8(14)7(10)11/h7H,2-6H2,1H3. The van der Waals surface area contributed by atoms with Crippen molar-refractivity contribution in [2.45, 2.75) is 11.8 Å². The van der Waals surface area contributed by atoms with Crippen molar-refractivity contribution < 1.29 is 14.3 Å². The summed E-state index contributed by atoms with van der Waals surface area (Å²) in [4.78, 5) is 24.9. The quantitative estimate of drug-likeness (QED) is 0.705. The minimum atomic E-state index is -1.03. The van der Waals surface area contributed by atoms with E-state index in [2.05, 4.69) is 0 Å². The Balaban J connectivity index is 2.39. The van der Waals surface area contributed by atoms with Crippen molar-refractivity contribution in [3.8, 4) is 0 Å². The number of rotatable bonds is 2. The van der Waals surface area contributed by atoms with E-state index in [1.54, 1.807) is 16.7 Å². The molecule has 1 rings (SSSR count). The van der Waals surface area contributed by atoms with Gasteiger partial charge >= 0.3 is 6.09 Å². The summed E-state index contributed by atoms with van der Waals surface area (Å²) in [5, 5.41) is 0. The summed E-state index contributed by atoms with van der Waals surface area (Å²) in [6.45, 7) is 3.88. The predicted molar refractivity (Wildman–Crippen MR) is 60.7 cm³/mol. The second kappa shape index (κ2) is 6.15. The van der Waals surface area contributed by atoms with E-state index < -0.39 is 4.84 Å². The summed E-state index contributed by atoms with van der Waals surface area (Å²) in [5.74, 6) is -0.313. The van der Waals surface area contributed by atoms with Crippen molar-refractivity contribution in [3.63, 3.8) is 0 Å². The molecule has 0 aromatic heterocycles. The number of alkyl halides is 2. The van der Waals surface area contributed by atoms with Crippen molar-refractivity contribution >= 4 is 35.2 Å². The summed E-state index contributed by atoms with van der Waals surface area (Å²) < 4.78 is 4.86. The Morgan fingerprint density at radius 1 is 1.19 bits per heavy atom. The molecular weight excluding hydrogens is 255 g/mol. The maximum atomic E-state index is 11.4. The lowest BCUT2D eigenvalue weighted by molar-refractivity contribution is -0.130. The lowest BCUT2D eigenvalue weighted by atomic mass is 10.3. The highest BCUT2D eigenvalue weighted by Gasteiger charge is 2.27. The van der Waals surface area contributed by atoms with Gasteiger partial charge in [-0.1, -0.05) is 23.2 Å². The van der Waals surface area contributed by atoms with E-state index in [4.69, 9.17) is 27.9 Å². The van der Waals surface area contributed by atoms with Crippen LogP contribution in [0.4, 0.5) is 4.79 Å². The molecule has 7 heteroatoms. The van der Waals surface area contributed by atoms with Gasteiger partial charge in [-0.15, -0.1) is 0 Å². The van der Waals surface area contributed by atoms with E-state index in [9.17, 15) is 9.59 Å². The number of hydrogen-bond donors (Lipinski definition) is 0. The Morgan fingerprint density at radius 2 is 1.69 bits per heavy atom. The number of carbonyl (C=O) groups excluding carboxylic acids is 2. The highest BCUT2D eigenvalue weighted by molar-refractivity contribution is 6.53. The molecule has 0 aromatic carbocycles. The van der Waals surface area contributed by atoms with Gasteiger partial charge in [0.2, 0.25) is 0 Å². The van der Waals surface area contributed by atoms with Crippen LogP contribution in [0.2, 0.25) is 0 Å². The monoisotopic (exact) mass is 268 g/mol. The third kappa shape index (κ3) is 3.42. The fourth-order valence-electron chi connectivity index (χ4n) is 1.46. The molecule has 0 spiro atoms. The minimum absolute atomic E-state index is 0.313. The van der Waals surface area contributed by atoms with Crippen LogP contribution in [0.3, 0.4) is 0 Å². The number of ether oxygens (including phenoxy) is 1. The number of amides is 2. The third-order valence-corrected chi connectivity index (χ3v) is 2.68. The van der Waals surface area contributed by atoms with Crippen LogP contribution in [-0.4, -0.2) is 59.4 Å². The van der Waals surface area contributed by atoms with Crippen molar-refractivity contribution in [2.75, 3.05) is 32.8 Å². The largest absolute Gasteiger partial charge is 0.450 e. The lowest BCUT2D eigenvalue weighted by Gasteiger charge is -2.34. The molecule has 0 unspecified atom stereocenters. The van der Waals surface area contributed by atoms with Crippen LogP contribution in [0.25, 0.3) is 0 Å². The number of carbonyl (C=O) groups is 2. The van der Waals surface area contributed by atoms with Crippen LogP contribution < -0.4 is 0 Å². The lowest BCUT2D eigenvalue weighted by Crippen LogP contribution is -2.51. The molecule has 92 valence electrons. The van der Waals surface area contributed by atoms with Gasteiger partial charge in [-0.2, -0.15) is 0 Å². The summed E-state index contributed by atoms with van der Waals surface area (Å²) in [7, 11) is 0. The fraction of sp³-hybridized carbons (Fsp3) is 0.778. The zero-order valence-electron chi connectivity index (χ0n) is 8.99. The molecular formula is C9H14Cl2N2O3. The Hall–Kier alpha value is -0.680. The van der Waals surface area contributed by atoms with E-state index in [-0.39, 0.29) is 12.0 Å². The summed E-state index contributed by atoms with van der Waals surface area (Å²) in [6.07, 6.45) is -0.345. The zero-order valence-corrected chi connectivity index (χ0v) is 10.5. The van der Waals surface area contributed by atoms with Crippen molar-refractivity contribution in [1.29, 1.82) is 0 Å². The van der Waals surface area contributed by atoms with Gasteiger partial charge in [-0.25, -0.2) is 4.79 Å². The number of nitrogens with zero attached hydrogens (tertiary/aromatic N) is 2. The topological polar surface area (TPSA) is 49.9 Å². The molecule has 1 aliphatic heterocycles. The molecule has 5 nitrogen and oxygen atoms in total. The summed E-state index contributed by atoms with van der Waals surface area (Å²) in [6, 6.07) is 0. The Bertz CT molecular complexity index is 265. The Labute approximate surface area is 104 Å². The van der Waals surface area contributed by atoms with E-state index in [1.807, 2.05) is 0 Å². The molecule has 1 heterocycles. The smallest absolute Gasteiger partial charge is 0.409 e. The molecule has 0 N–H and O–H groups in total. The average molecular weight is 269 g/mol. The molecule has 0 radical (unpaired) electrons. The maximum Gasteiger partial charge on any atom is 0.409 e. The second-order valence-corrected chi connectivity index (χ2v) is 4.41. The molecule has 16 heavy (non-hydrogen) atoms. The van der Waals surface area contributed by atoms with Gasteiger partial charge in [-0.3, -0.25) is 4.79 Å². The maximum absolute atomic E-state index is 11.4. The molecule has 0 saturated carbocycles. The van der Waals surface area contributed by atoms with Gasteiger partial charge in [0.25, 0.3) is 5.91 Å². The van der Waals surface area contributed by atoms with Crippen LogP contribution in [0.5, 0.6) is 0 Å². The summed E-state index contributed by atoms with van der Waals surface area (Å²) in [5.41, 5.74) is 0. The average Bonchev–Trinajstić information content (AvgIpc) is 2.28. The predicted octanol–water partition coefficient (Wildman–Crippen LogP) is 1.09. The highest BCUT2D eigenvalue weighted by atomic mass is 35.5. The normalized spacial score (nSPS) is 16.5. The number of hydrogen-bond acceptors (Lipinski definition) is 3. The molecule has 0 bridgehead atoms. The minimum Gasteiger partial charge on any atom is -0.450 e. The highest BCUT2D eigenvalue weighted by Crippen LogP contribution is 2.10. The molecule has 1 aliphatic rings. The first-order valence-corrected chi connectivity index (χ1v) is 5.92. The first kappa shape index (κ1) is 13.4. The van der Waals surface area contributed by atoms with Gasteiger partial charge in [0.05, 0.1) is 6.61 Å². The number of piperazine rings is 1.